The summed E-state index contributed by atoms with van der Waals surface area (Å²) in [5.41, 5.74) is -0.607. The number of hydrogen-bond donors (Lipinski definition) is 1. The Hall–Kier alpha value is -1.89. The fourth-order valence-electron chi connectivity index (χ4n) is 1.58. The van der Waals surface area contributed by atoms with Gasteiger partial charge in [-0.1, -0.05) is 12.1 Å². The van der Waals surface area contributed by atoms with Gasteiger partial charge in [-0.25, -0.2) is 4.39 Å². The molecule has 1 atom stereocenters. The maximum absolute atomic E-state index is 12.7. The van der Waals surface area contributed by atoms with E-state index in [0.717, 1.165) is 16.9 Å². The van der Waals surface area contributed by atoms with E-state index in [2.05, 4.69) is 5.10 Å². The van der Waals surface area contributed by atoms with E-state index in [-0.39, 0.29) is 6.54 Å². The Kier molecular flexibility index (Phi) is 3.57. The molecule has 0 fully saturated rings. The van der Waals surface area contributed by atoms with Crippen molar-refractivity contribution in [1.29, 1.82) is 0 Å². The van der Waals surface area contributed by atoms with E-state index in [1.165, 1.54) is 24.3 Å². The Labute approximate surface area is 106 Å². The van der Waals surface area contributed by atoms with Gasteiger partial charge >= 0.3 is 6.18 Å². The van der Waals surface area contributed by atoms with E-state index in [0.29, 0.717) is 5.56 Å². The molecule has 1 N–H and O–H groups in total. The molecule has 19 heavy (non-hydrogen) atoms. The number of nitrogens with zero attached hydrogens (tertiary/aromatic N) is 2. The molecule has 2 aromatic rings. The molecule has 0 bridgehead atoms. The summed E-state index contributed by atoms with van der Waals surface area (Å²) in [5.74, 6) is -0.450. The second-order valence-electron chi connectivity index (χ2n) is 3.99. The lowest BCUT2D eigenvalue weighted by Crippen LogP contribution is -2.12. The molecule has 2 rings (SSSR count). The fourth-order valence-corrected chi connectivity index (χ4v) is 1.58. The Bertz CT molecular complexity index is 548. The molecule has 1 heterocycles. The van der Waals surface area contributed by atoms with Crippen LogP contribution in [0.25, 0.3) is 0 Å². The smallest absolute Gasteiger partial charge is 0.386 e. The maximum Gasteiger partial charge on any atom is 0.435 e. The van der Waals surface area contributed by atoms with Crippen LogP contribution >= 0.6 is 0 Å². The van der Waals surface area contributed by atoms with Crippen molar-refractivity contribution in [2.24, 2.45) is 0 Å². The molecule has 1 aromatic carbocycles. The summed E-state index contributed by atoms with van der Waals surface area (Å²) in [7, 11) is 0. The minimum Gasteiger partial charge on any atom is -0.386 e. The van der Waals surface area contributed by atoms with Gasteiger partial charge in [-0.15, -0.1) is 0 Å². The quantitative estimate of drug-likeness (QED) is 0.874. The van der Waals surface area contributed by atoms with E-state index in [1.807, 2.05) is 0 Å². The third-order valence-electron chi connectivity index (χ3n) is 2.55. The van der Waals surface area contributed by atoms with Crippen molar-refractivity contribution in [3.63, 3.8) is 0 Å². The van der Waals surface area contributed by atoms with Crippen molar-refractivity contribution in [3.05, 3.63) is 53.6 Å². The molecule has 0 saturated carbocycles. The molecule has 0 amide bonds. The molecule has 1 unspecified atom stereocenters. The summed E-state index contributed by atoms with van der Waals surface area (Å²) in [4.78, 5) is 0. The van der Waals surface area contributed by atoms with Crippen LogP contribution in [-0.2, 0) is 12.7 Å². The second-order valence-corrected chi connectivity index (χ2v) is 3.99. The van der Waals surface area contributed by atoms with E-state index in [1.54, 1.807) is 0 Å². The monoisotopic (exact) mass is 274 g/mol. The van der Waals surface area contributed by atoms with Crippen molar-refractivity contribution in [2.45, 2.75) is 18.8 Å². The average molecular weight is 274 g/mol. The van der Waals surface area contributed by atoms with Crippen molar-refractivity contribution < 1.29 is 22.7 Å². The number of aromatic nitrogens is 2. The van der Waals surface area contributed by atoms with Gasteiger partial charge in [0.2, 0.25) is 0 Å². The van der Waals surface area contributed by atoms with Gasteiger partial charge in [0.15, 0.2) is 5.69 Å². The summed E-state index contributed by atoms with van der Waals surface area (Å²) in [6, 6.07) is 5.91. The summed E-state index contributed by atoms with van der Waals surface area (Å²) in [6.45, 7) is -0.137. The highest BCUT2D eigenvalue weighted by atomic mass is 19.4. The van der Waals surface area contributed by atoms with Gasteiger partial charge in [-0.2, -0.15) is 18.3 Å². The zero-order valence-corrected chi connectivity index (χ0v) is 9.60. The summed E-state index contributed by atoms with van der Waals surface area (Å²) < 4.78 is 50.7. The van der Waals surface area contributed by atoms with Gasteiger partial charge in [0.05, 0.1) is 12.6 Å². The number of aliphatic hydroxyl groups is 1. The van der Waals surface area contributed by atoms with Gasteiger partial charge in [0, 0.05) is 6.20 Å². The Morgan fingerprint density at radius 2 is 1.79 bits per heavy atom. The highest BCUT2D eigenvalue weighted by Crippen LogP contribution is 2.27. The molecule has 7 heteroatoms. The van der Waals surface area contributed by atoms with Gasteiger partial charge < -0.3 is 5.11 Å². The first-order valence-corrected chi connectivity index (χ1v) is 5.40. The summed E-state index contributed by atoms with van der Waals surface area (Å²) in [5, 5.41) is 13.1. The first-order valence-electron chi connectivity index (χ1n) is 5.40. The van der Waals surface area contributed by atoms with Crippen LogP contribution in [0.4, 0.5) is 17.6 Å². The number of aliphatic hydroxyl groups excluding tert-OH is 1. The molecule has 0 radical (unpaired) electrons. The van der Waals surface area contributed by atoms with Crippen LogP contribution in [0.5, 0.6) is 0 Å². The second kappa shape index (κ2) is 5.00. The summed E-state index contributed by atoms with van der Waals surface area (Å²) >= 11 is 0. The van der Waals surface area contributed by atoms with E-state index >= 15 is 0 Å². The van der Waals surface area contributed by atoms with Crippen molar-refractivity contribution >= 4 is 0 Å². The number of alkyl halides is 3. The molecule has 102 valence electrons. The fraction of sp³-hybridized carbons (Fsp3) is 0.250. The lowest BCUT2D eigenvalue weighted by Gasteiger charge is -2.11. The standard InChI is InChI=1S/C12H10F4N2O/c13-9-3-1-8(2-4-9)10(19)7-18-6-5-11(17-18)12(14,15)16/h1-6,10,19H,7H2. The van der Waals surface area contributed by atoms with E-state index < -0.39 is 23.8 Å². The van der Waals surface area contributed by atoms with E-state index in [4.69, 9.17) is 0 Å². The van der Waals surface area contributed by atoms with Crippen molar-refractivity contribution in [3.8, 4) is 0 Å². The average Bonchev–Trinajstić information content (AvgIpc) is 2.78. The Morgan fingerprint density at radius 1 is 1.16 bits per heavy atom. The minimum absolute atomic E-state index is 0.137. The molecule has 0 saturated heterocycles. The normalized spacial score (nSPS) is 13.5. The predicted molar refractivity (Wildman–Crippen MR) is 58.6 cm³/mol. The first-order chi connectivity index (χ1) is 8.86. The molecular formula is C12H10F4N2O. The van der Waals surface area contributed by atoms with Crippen LogP contribution in [-0.4, -0.2) is 14.9 Å². The Balaban J connectivity index is 2.08. The first kappa shape index (κ1) is 13.5. The zero-order valence-electron chi connectivity index (χ0n) is 9.60. The van der Waals surface area contributed by atoms with Gasteiger partial charge in [-0.3, -0.25) is 4.68 Å². The van der Waals surface area contributed by atoms with Gasteiger partial charge in [0.1, 0.15) is 5.82 Å². The number of rotatable bonds is 3. The highest BCUT2D eigenvalue weighted by molar-refractivity contribution is 5.18. The van der Waals surface area contributed by atoms with Gasteiger partial charge in [0.25, 0.3) is 0 Å². The van der Waals surface area contributed by atoms with Crippen LogP contribution in [0, 0.1) is 5.82 Å². The summed E-state index contributed by atoms with van der Waals surface area (Å²) in [6.07, 6.45) is -4.43. The van der Waals surface area contributed by atoms with Crippen LogP contribution in [0.1, 0.15) is 17.4 Å². The van der Waals surface area contributed by atoms with Crippen LogP contribution in [0.3, 0.4) is 0 Å². The molecule has 1 aromatic heterocycles. The predicted octanol–water partition coefficient (Wildman–Crippen LogP) is 2.77. The molecule has 0 aliphatic heterocycles. The lowest BCUT2D eigenvalue weighted by molar-refractivity contribution is -0.141. The Morgan fingerprint density at radius 3 is 2.32 bits per heavy atom. The maximum atomic E-state index is 12.7. The third kappa shape index (κ3) is 3.31. The number of benzene rings is 1. The largest absolute Gasteiger partial charge is 0.435 e. The minimum atomic E-state index is -4.51. The van der Waals surface area contributed by atoms with Crippen LogP contribution in [0.2, 0.25) is 0 Å². The molecule has 3 nitrogen and oxygen atoms in total. The molecular weight excluding hydrogens is 264 g/mol. The number of hydrogen-bond acceptors (Lipinski definition) is 2. The zero-order chi connectivity index (χ0) is 14.0. The van der Waals surface area contributed by atoms with E-state index in [9.17, 15) is 22.7 Å². The molecule has 0 aliphatic rings. The third-order valence-corrected chi connectivity index (χ3v) is 2.55. The van der Waals surface area contributed by atoms with Crippen LogP contribution < -0.4 is 0 Å². The molecule has 0 spiro atoms. The number of halogens is 4. The SMILES string of the molecule is OC(Cn1ccc(C(F)(F)F)n1)c1ccc(F)cc1. The lowest BCUT2D eigenvalue weighted by atomic mass is 10.1. The van der Waals surface area contributed by atoms with Gasteiger partial charge in [-0.05, 0) is 23.8 Å². The van der Waals surface area contributed by atoms with Crippen molar-refractivity contribution in [1.82, 2.24) is 9.78 Å². The molecule has 0 aliphatic carbocycles. The topological polar surface area (TPSA) is 38.0 Å². The van der Waals surface area contributed by atoms with Crippen LogP contribution in [0.15, 0.2) is 36.5 Å². The van der Waals surface area contributed by atoms with Crippen molar-refractivity contribution in [2.75, 3.05) is 0 Å². The highest BCUT2D eigenvalue weighted by Gasteiger charge is 2.33.